The Morgan fingerprint density at radius 3 is 1.65 bits per heavy atom. The molecule has 0 aliphatic carbocycles. The molecule has 2 unspecified atom stereocenters. The highest BCUT2D eigenvalue weighted by Crippen LogP contribution is 2.22. The lowest BCUT2D eigenvalue weighted by Gasteiger charge is -2.32. The number of carboxylic acids is 1. The SMILES string of the molecule is CCC(C)OC(OC(C)CC)(C(C)=O)C(=O)O. The van der Waals surface area contributed by atoms with Crippen LogP contribution >= 0.6 is 0 Å². The summed E-state index contributed by atoms with van der Waals surface area (Å²) < 4.78 is 10.6. The molecule has 0 amide bonds. The van der Waals surface area contributed by atoms with Crippen molar-refractivity contribution in [2.75, 3.05) is 0 Å². The van der Waals surface area contributed by atoms with Crippen LogP contribution in [0.2, 0.25) is 0 Å². The molecule has 100 valence electrons. The molecule has 0 fully saturated rings. The Balaban J connectivity index is 5.13. The van der Waals surface area contributed by atoms with Crippen LogP contribution in [0.3, 0.4) is 0 Å². The van der Waals surface area contributed by atoms with Gasteiger partial charge < -0.3 is 14.6 Å². The minimum atomic E-state index is -2.18. The van der Waals surface area contributed by atoms with Crippen molar-refractivity contribution >= 4 is 11.8 Å². The standard InChI is InChI=1S/C12H22O5/c1-6-8(3)16-12(10(5)13,11(14)15)17-9(4)7-2/h8-9H,6-7H2,1-5H3,(H,14,15). The maximum atomic E-state index is 11.6. The molecule has 0 saturated heterocycles. The third kappa shape index (κ3) is 4.09. The predicted molar refractivity (Wildman–Crippen MR) is 62.7 cm³/mol. The molecule has 0 rings (SSSR count). The van der Waals surface area contributed by atoms with Crippen molar-refractivity contribution in [2.24, 2.45) is 0 Å². The summed E-state index contributed by atoms with van der Waals surface area (Å²) in [5, 5.41) is 9.21. The fourth-order valence-electron chi connectivity index (χ4n) is 1.18. The summed E-state index contributed by atoms with van der Waals surface area (Å²) in [5.41, 5.74) is 0. The van der Waals surface area contributed by atoms with Crippen LogP contribution in [0.25, 0.3) is 0 Å². The van der Waals surface area contributed by atoms with Gasteiger partial charge in [-0.05, 0) is 26.7 Å². The summed E-state index contributed by atoms with van der Waals surface area (Å²) in [6, 6.07) is 0. The quantitative estimate of drug-likeness (QED) is 0.523. The third-order valence-corrected chi connectivity index (χ3v) is 2.63. The summed E-state index contributed by atoms with van der Waals surface area (Å²) >= 11 is 0. The van der Waals surface area contributed by atoms with Crippen molar-refractivity contribution in [1.29, 1.82) is 0 Å². The lowest BCUT2D eigenvalue weighted by Crippen LogP contribution is -2.53. The molecule has 17 heavy (non-hydrogen) atoms. The molecule has 0 aromatic rings. The number of carboxylic acid groups (broad SMARTS) is 1. The minimum absolute atomic E-state index is 0.362. The largest absolute Gasteiger partial charge is 0.477 e. The van der Waals surface area contributed by atoms with Crippen molar-refractivity contribution in [1.82, 2.24) is 0 Å². The number of carbonyl (C=O) groups is 2. The number of carbonyl (C=O) groups excluding carboxylic acids is 1. The van der Waals surface area contributed by atoms with Crippen LogP contribution in [0.15, 0.2) is 0 Å². The van der Waals surface area contributed by atoms with Gasteiger partial charge in [-0.2, -0.15) is 0 Å². The van der Waals surface area contributed by atoms with Crippen LogP contribution in [0.5, 0.6) is 0 Å². The Morgan fingerprint density at radius 1 is 1.12 bits per heavy atom. The van der Waals surface area contributed by atoms with Crippen LogP contribution < -0.4 is 0 Å². The highest BCUT2D eigenvalue weighted by atomic mass is 16.7. The van der Waals surface area contributed by atoms with Gasteiger partial charge in [0.15, 0.2) is 0 Å². The highest BCUT2D eigenvalue weighted by molar-refractivity contribution is 6.03. The first-order valence-electron chi connectivity index (χ1n) is 5.90. The van der Waals surface area contributed by atoms with E-state index < -0.39 is 17.5 Å². The average Bonchev–Trinajstić information content (AvgIpc) is 2.26. The van der Waals surface area contributed by atoms with Crippen molar-refractivity contribution in [2.45, 2.75) is 65.5 Å². The summed E-state index contributed by atoms with van der Waals surface area (Å²) in [5.74, 6) is -4.22. The first kappa shape index (κ1) is 16.1. The van der Waals surface area contributed by atoms with E-state index in [1.807, 2.05) is 13.8 Å². The van der Waals surface area contributed by atoms with E-state index in [1.54, 1.807) is 13.8 Å². The van der Waals surface area contributed by atoms with Gasteiger partial charge in [0, 0.05) is 6.92 Å². The number of ketones is 1. The summed E-state index contributed by atoms with van der Waals surface area (Å²) in [4.78, 5) is 22.9. The first-order chi connectivity index (χ1) is 7.80. The number of Topliss-reactive ketones (excluding diaryl/α,β-unsaturated/α-hetero) is 1. The van der Waals surface area contributed by atoms with Crippen molar-refractivity contribution < 1.29 is 24.2 Å². The van der Waals surface area contributed by atoms with Crippen molar-refractivity contribution in [3.8, 4) is 0 Å². The van der Waals surface area contributed by atoms with E-state index in [1.165, 1.54) is 6.92 Å². The van der Waals surface area contributed by atoms with Gasteiger partial charge in [0.1, 0.15) is 0 Å². The Labute approximate surface area is 102 Å². The lowest BCUT2D eigenvalue weighted by atomic mass is 10.1. The van der Waals surface area contributed by atoms with Gasteiger partial charge in [-0.3, -0.25) is 4.79 Å². The van der Waals surface area contributed by atoms with E-state index in [4.69, 9.17) is 9.47 Å². The topological polar surface area (TPSA) is 72.8 Å². The molecule has 0 radical (unpaired) electrons. The predicted octanol–water partition coefficient (Wildman–Crippen LogP) is 1.99. The second-order valence-electron chi connectivity index (χ2n) is 4.15. The number of rotatable bonds is 8. The van der Waals surface area contributed by atoms with E-state index in [2.05, 4.69) is 0 Å². The van der Waals surface area contributed by atoms with Crippen LogP contribution in [0, 0.1) is 0 Å². The average molecular weight is 246 g/mol. The molecular weight excluding hydrogens is 224 g/mol. The summed E-state index contributed by atoms with van der Waals surface area (Å²) in [6.07, 6.45) is 0.483. The summed E-state index contributed by atoms with van der Waals surface area (Å²) in [6.45, 7) is 8.28. The third-order valence-electron chi connectivity index (χ3n) is 2.63. The second-order valence-corrected chi connectivity index (χ2v) is 4.15. The smallest absolute Gasteiger partial charge is 0.372 e. The Morgan fingerprint density at radius 2 is 1.47 bits per heavy atom. The molecule has 1 N–H and O–H groups in total. The Hall–Kier alpha value is -0.940. The Kier molecular flexibility index (Phi) is 6.34. The van der Waals surface area contributed by atoms with Gasteiger partial charge in [-0.1, -0.05) is 13.8 Å². The molecule has 0 bridgehead atoms. The van der Waals surface area contributed by atoms with E-state index in [-0.39, 0.29) is 12.2 Å². The number of aliphatic carboxylic acids is 1. The molecule has 2 atom stereocenters. The molecule has 0 aliphatic heterocycles. The molecule has 0 heterocycles. The van der Waals surface area contributed by atoms with Crippen LogP contribution in [0.4, 0.5) is 0 Å². The molecule has 5 nitrogen and oxygen atoms in total. The van der Waals surface area contributed by atoms with Gasteiger partial charge in [-0.25, -0.2) is 4.79 Å². The monoisotopic (exact) mass is 246 g/mol. The van der Waals surface area contributed by atoms with Crippen molar-refractivity contribution in [3.05, 3.63) is 0 Å². The zero-order chi connectivity index (χ0) is 13.6. The highest BCUT2D eigenvalue weighted by Gasteiger charge is 2.48. The number of hydrogen-bond donors (Lipinski definition) is 1. The lowest BCUT2D eigenvalue weighted by molar-refractivity contribution is -0.259. The number of hydrogen-bond acceptors (Lipinski definition) is 4. The zero-order valence-electron chi connectivity index (χ0n) is 11.1. The van der Waals surface area contributed by atoms with Gasteiger partial charge >= 0.3 is 11.8 Å². The van der Waals surface area contributed by atoms with E-state index in [0.717, 1.165) is 0 Å². The Bertz CT molecular complexity index is 246. The maximum Gasteiger partial charge on any atom is 0.372 e. The molecule has 5 heteroatoms. The van der Waals surface area contributed by atoms with E-state index >= 15 is 0 Å². The molecule has 0 aromatic heterocycles. The molecule has 0 spiro atoms. The van der Waals surface area contributed by atoms with Gasteiger partial charge in [0.2, 0.25) is 5.78 Å². The molecular formula is C12H22O5. The van der Waals surface area contributed by atoms with Crippen LogP contribution in [0.1, 0.15) is 47.5 Å². The van der Waals surface area contributed by atoms with Gasteiger partial charge in [0.05, 0.1) is 12.2 Å². The normalized spacial score (nSPS) is 18.2. The fraction of sp³-hybridized carbons (Fsp3) is 0.833. The minimum Gasteiger partial charge on any atom is -0.477 e. The van der Waals surface area contributed by atoms with Crippen LogP contribution in [-0.4, -0.2) is 34.9 Å². The van der Waals surface area contributed by atoms with E-state index in [9.17, 15) is 14.7 Å². The zero-order valence-corrected chi connectivity index (χ0v) is 11.1. The fourth-order valence-corrected chi connectivity index (χ4v) is 1.18. The van der Waals surface area contributed by atoms with Crippen molar-refractivity contribution in [3.63, 3.8) is 0 Å². The summed E-state index contributed by atoms with van der Waals surface area (Å²) in [7, 11) is 0. The molecule has 0 aromatic carbocycles. The second kappa shape index (κ2) is 6.71. The van der Waals surface area contributed by atoms with E-state index in [0.29, 0.717) is 12.8 Å². The van der Waals surface area contributed by atoms with Gasteiger partial charge in [0.25, 0.3) is 0 Å². The van der Waals surface area contributed by atoms with Crippen LogP contribution in [-0.2, 0) is 19.1 Å². The first-order valence-corrected chi connectivity index (χ1v) is 5.90. The maximum absolute atomic E-state index is 11.6. The number of ether oxygens (including phenoxy) is 2. The van der Waals surface area contributed by atoms with Gasteiger partial charge in [-0.15, -0.1) is 0 Å². The molecule has 0 aliphatic rings. The molecule has 0 saturated carbocycles.